The first-order chi connectivity index (χ1) is 16.0. The number of carbonyl (C=O) groups is 2. The number of amides is 2. The van der Waals surface area contributed by atoms with Crippen molar-refractivity contribution < 1.29 is 14.3 Å². The van der Waals surface area contributed by atoms with Crippen LogP contribution in [0.1, 0.15) is 35.2 Å². The average molecular weight is 484 g/mol. The lowest BCUT2D eigenvalue weighted by atomic mass is 9.77. The molecule has 2 aromatic rings. The SMILES string of the molecule is CSc1ncccc1C(=O)N1CCC2(CCN(C(=O)C3=Cc4cc(Cl)ccc4OC3)C2)CC1. The topological polar surface area (TPSA) is 62.7 Å². The fraction of sp³-hybridized carbons (Fsp3) is 0.400. The third-order valence-electron chi connectivity index (χ3n) is 6.99. The lowest BCUT2D eigenvalue weighted by Crippen LogP contribution is -2.45. The maximum atomic E-state index is 13.2. The quantitative estimate of drug-likeness (QED) is 0.606. The molecule has 8 heteroatoms. The molecule has 4 heterocycles. The molecule has 172 valence electrons. The monoisotopic (exact) mass is 483 g/mol. The zero-order chi connectivity index (χ0) is 23.0. The van der Waals surface area contributed by atoms with Crippen molar-refractivity contribution in [2.24, 2.45) is 5.41 Å². The molecular weight excluding hydrogens is 458 g/mol. The van der Waals surface area contributed by atoms with Crippen LogP contribution in [0.2, 0.25) is 5.02 Å². The summed E-state index contributed by atoms with van der Waals surface area (Å²) in [6.07, 6.45) is 8.35. The third-order valence-corrected chi connectivity index (χ3v) is 7.94. The Bertz CT molecular complexity index is 1130. The number of hydrogen-bond donors (Lipinski definition) is 0. The number of nitrogens with zero attached hydrogens (tertiary/aromatic N) is 3. The van der Waals surface area contributed by atoms with Gasteiger partial charge in [-0.3, -0.25) is 9.59 Å². The molecule has 2 amide bonds. The van der Waals surface area contributed by atoms with Gasteiger partial charge in [-0.15, -0.1) is 11.8 Å². The van der Waals surface area contributed by atoms with E-state index in [9.17, 15) is 9.59 Å². The number of benzene rings is 1. The number of thioether (sulfide) groups is 1. The standard InChI is InChI=1S/C25H26ClN3O3S/c1-33-22-20(3-2-9-27-22)24(31)28-10-6-25(7-11-28)8-12-29(16-25)23(30)18-13-17-14-19(26)4-5-21(17)32-15-18/h2-5,9,13-14H,6-8,10-12,15-16H2,1H3. The van der Waals surface area contributed by atoms with Crippen molar-refractivity contribution in [1.82, 2.24) is 14.8 Å². The highest BCUT2D eigenvalue weighted by Gasteiger charge is 2.43. The normalized spacial score (nSPS) is 19.2. The van der Waals surface area contributed by atoms with E-state index in [2.05, 4.69) is 4.98 Å². The molecule has 0 saturated carbocycles. The third kappa shape index (κ3) is 4.36. The molecule has 2 fully saturated rings. The first-order valence-corrected chi connectivity index (χ1v) is 12.8. The van der Waals surface area contributed by atoms with Crippen molar-refractivity contribution >= 4 is 41.3 Å². The van der Waals surface area contributed by atoms with Crippen LogP contribution in [-0.4, -0.2) is 65.6 Å². The molecule has 3 aliphatic heterocycles. The van der Waals surface area contributed by atoms with Crippen LogP contribution < -0.4 is 4.74 Å². The van der Waals surface area contributed by atoms with Gasteiger partial charge in [-0.25, -0.2) is 4.98 Å². The van der Waals surface area contributed by atoms with Crippen LogP contribution in [0.3, 0.4) is 0 Å². The van der Waals surface area contributed by atoms with Crippen molar-refractivity contribution in [2.75, 3.05) is 39.0 Å². The van der Waals surface area contributed by atoms with Gasteiger partial charge in [0.1, 0.15) is 17.4 Å². The number of likely N-dealkylation sites (tertiary alicyclic amines) is 2. The van der Waals surface area contributed by atoms with Gasteiger partial charge >= 0.3 is 0 Å². The number of pyridine rings is 1. The number of fused-ring (bicyclic) bond motifs is 1. The summed E-state index contributed by atoms with van der Waals surface area (Å²) in [5.74, 6) is 0.843. The molecule has 0 unspecified atom stereocenters. The zero-order valence-electron chi connectivity index (χ0n) is 18.6. The maximum Gasteiger partial charge on any atom is 0.256 e. The van der Waals surface area contributed by atoms with Gasteiger partial charge in [0, 0.05) is 43.0 Å². The summed E-state index contributed by atoms with van der Waals surface area (Å²) < 4.78 is 5.78. The van der Waals surface area contributed by atoms with E-state index < -0.39 is 0 Å². The Morgan fingerprint density at radius 1 is 1.09 bits per heavy atom. The maximum absolute atomic E-state index is 13.2. The van der Waals surface area contributed by atoms with Crippen molar-refractivity contribution in [3.8, 4) is 5.75 Å². The van der Waals surface area contributed by atoms with Crippen LogP contribution in [0.25, 0.3) is 6.08 Å². The fourth-order valence-electron chi connectivity index (χ4n) is 5.06. The van der Waals surface area contributed by atoms with Gasteiger partial charge in [0.2, 0.25) is 0 Å². The molecule has 2 saturated heterocycles. The number of halogens is 1. The molecule has 3 aliphatic rings. The van der Waals surface area contributed by atoms with Gasteiger partial charge in [0.15, 0.2) is 0 Å². The lowest BCUT2D eigenvalue weighted by molar-refractivity contribution is -0.127. The van der Waals surface area contributed by atoms with Crippen LogP contribution in [0, 0.1) is 5.41 Å². The number of ether oxygens (including phenoxy) is 1. The second-order valence-electron chi connectivity index (χ2n) is 8.97. The Kier molecular flexibility index (Phi) is 6.10. The van der Waals surface area contributed by atoms with Gasteiger partial charge in [-0.2, -0.15) is 0 Å². The van der Waals surface area contributed by atoms with Gasteiger partial charge in [0.25, 0.3) is 11.8 Å². The van der Waals surface area contributed by atoms with E-state index >= 15 is 0 Å². The molecule has 0 N–H and O–H groups in total. The van der Waals surface area contributed by atoms with E-state index in [-0.39, 0.29) is 23.8 Å². The Labute approximate surface area is 202 Å². The zero-order valence-corrected chi connectivity index (χ0v) is 20.1. The summed E-state index contributed by atoms with van der Waals surface area (Å²) in [6.45, 7) is 3.17. The molecule has 5 rings (SSSR count). The van der Waals surface area contributed by atoms with E-state index in [1.54, 1.807) is 12.3 Å². The largest absolute Gasteiger partial charge is 0.488 e. The number of hydrogen-bond acceptors (Lipinski definition) is 5. The number of carbonyl (C=O) groups excluding carboxylic acids is 2. The molecule has 1 spiro atoms. The predicted molar refractivity (Wildman–Crippen MR) is 130 cm³/mol. The highest BCUT2D eigenvalue weighted by molar-refractivity contribution is 7.98. The molecule has 33 heavy (non-hydrogen) atoms. The van der Waals surface area contributed by atoms with E-state index in [0.717, 1.165) is 48.7 Å². The smallest absolute Gasteiger partial charge is 0.256 e. The minimum Gasteiger partial charge on any atom is -0.488 e. The minimum atomic E-state index is 0.0379. The van der Waals surface area contributed by atoms with Crippen molar-refractivity contribution in [3.63, 3.8) is 0 Å². The lowest BCUT2D eigenvalue weighted by Gasteiger charge is -2.39. The molecule has 0 bridgehead atoms. The highest BCUT2D eigenvalue weighted by Crippen LogP contribution is 2.41. The summed E-state index contributed by atoms with van der Waals surface area (Å²) >= 11 is 7.60. The molecule has 0 atom stereocenters. The second-order valence-corrected chi connectivity index (χ2v) is 10.2. The van der Waals surface area contributed by atoms with Gasteiger partial charge < -0.3 is 14.5 Å². The summed E-state index contributed by atoms with van der Waals surface area (Å²) in [5, 5.41) is 1.39. The Hall–Kier alpha value is -2.51. The van der Waals surface area contributed by atoms with Crippen molar-refractivity contribution in [1.29, 1.82) is 0 Å². The minimum absolute atomic E-state index is 0.0379. The van der Waals surface area contributed by atoms with Gasteiger partial charge in [-0.05, 0) is 67.3 Å². The first kappa shape index (κ1) is 22.3. The highest BCUT2D eigenvalue weighted by atomic mass is 35.5. The van der Waals surface area contributed by atoms with Gasteiger partial charge in [-0.1, -0.05) is 11.6 Å². The molecule has 0 radical (unpaired) electrons. The summed E-state index contributed by atoms with van der Waals surface area (Å²) in [5.41, 5.74) is 2.27. The number of rotatable bonds is 3. The molecule has 1 aromatic carbocycles. The summed E-state index contributed by atoms with van der Waals surface area (Å²) in [4.78, 5) is 34.5. The Morgan fingerprint density at radius 3 is 2.61 bits per heavy atom. The number of aromatic nitrogens is 1. The molecule has 6 nitrogen and oxygen atoms in total. The summed E-state index contributed by atoms with van der Waals surface area (Å²) in [7, 11) is 0. The van der Waals surface area contributed by atoms with Crippen LogP contribution in [0.5, 0.6) is 5.75 Å². The van der Waals surface area contributed by atoms with Crippen LogP contribution in [0.4, 0.5) is 0 Å². The Morgan fingerprint density at radius 2 is 1.85 bits per heavy atom. The predicted octanol–water partition coefficient (Wildman–Crippen LogP) is 4.39. The molecular formula is C25H26ClN3O3S. The van der Waals surface area contributed by atoms with Gasteiger partial charge in [0.05, 0.1) is 11.1 Å². The fourth-order valence-corrected chi connectivity index (χ4v) is 5.78. The van der Waals surface area contributed by atoms with E-state index in [1.807, 2.05) is 46.4 Å². The van der Waals surface area contributed by atoms with Crippen LogP contribution in [-0.2, 0) is 4.79 Å². The van der Waals surface area contributed by atoms with Crippen molar-refractivity contribution in [2.45, 2.75) is 24.3 Å². The van der Waals surface area contributed by atoms with E-state index in [4.69, 9.17) is 16.3 Å². The van der Waals surface area contributed by atoms with Crippen molar-refractivity contribution in [3.05, 3.63) is 58.3 Å². The Balaban J connectivity index is 1.23. The number of piperidine rings is 1. The molecule has 1 aromatic heterocycles. The first-order valence-electron chi connectivity index (χ1n) is 11.2. The van der Waals surface area contributed by atoms with Crippen LogP contribution in [0.15, 0.2) is 47.1 Å². The van der Waals surface area contributed by atoms with E-state index in [1.165, 1.54) is 11.8 Å². The average Bonchev–Trinajstić information content (AvgIpc) is 3.26. The van der Waals surface area contributed by atoms with Crippen LogP contribution >= 0.6 is 23.4 Å². The second kappa shape index (κ2) is 9.03. The van der Waals surface area contributed by atoms with E-state index in [0.29, 0.717) is 29.2 Å². The molecule has 0 aliphatic carbocycles. The summed E-state index contributed by atoms with van der Waals surface area (Å²) in [6, 6.07) is 9.12.